The normalized spacial score (nSPS) is 10.0. The highest BCUT2D eigenvalue weighted by Crippen LogP contribution is 2.23. The molecule has 0 aliphatic heterocycles. The van der Waals surface area contributed by atoms with E-state index in [1.807, 2.05) is 30.5 Å². The molecule has 0 bridgehead atoms. The van der Waals surface area contributed by atoms with E-state index in [2.05, 4.69) is 21.0 Å². The molecular weight excluding hydrogens is 426 g/mol. The number of carbonyl (C=O) groups is 4. The fraction of sp³-hybridized carbons (Fsp3) is 0.0870. The highest BCUT2D eigenvalue weighted by Gasteiger charge is 2.12. The molecule has 1 heterocycles. The summed E-state index contributed by atoms with van der Waals surface area (Å²) in [6, 6.07) is 16.6. The second-order valence-corrected chi connectivity index (χ2v) is 6.92. The number of nitrogens with one attached hydrogen (secondary N) is 4. The van der Waals surface area contributed by atoms with Gasteiger partial charge in [-0.1, -0.05) is 12.1 Å². The lowest BCUT2D eigenvalue weighted by Crippen LogP contribution is -2.44. The Balaban J connectivity index is 1.56. The van der Waals surface area contributed by atoms with E-state index < -0.39 is 17.6 Å². The van der Waals surface area contributed by atoms with E-state index in [1.54, 1.807) is 36.4 Å². The van der Waals surface area contributed by atoms with Crippen LogP contribution >= 0.6 is 0 Å². The quantitative estimate of drug-likeness (QED) is 0.338. The first-order chi connectivity index (χ1) is 15.8. The van der Waals surface area contributed by atoms with Crippen molar-refractivity contribution in [3.63, 3.8) is 0 Å². The zero-order valence-corrected chi connectivity index (χ0v) is 17.8. The molecule has 0 spiro atoms. The molecule has 0 aliphatic rings. The number of rotatable bonds is 6. The van der Waals surface area contributed by atoms with Gasteiger partial charge in [-0.2, -0.15) is 0 Å². The SMILES string of the molecule is CC(=O)C(=O)NNC(=O)c1cc(Oc2ccc(NC(=O)Nc3cccc(C)c3)cc2)ccn1. The van der Waals surface area contributed by atoms with Crippen LogP contribution in [0, 0.1) is 6.92 Å². The van der Waals surface area contributed by atoms with Crippen molar-refractivity contribution in [1.82, 2.24) is 15.8 Å². The van der Waals surface area contributed by atoms with Gasteiger partial charge in [0, 0.05) is 30.6 Å². The molecule has 10 heteroatoms. The third-order valence-electron chi connectivity index (χ3n) is 4.20. The summed E-state index contributed by atoms with van der Waals surface area (Å²) in [7, 11) is 0. The van der Waals surface area contributed by atoms with Gasteiger partial charge in [-0.15, -0.1) is 0 Å². The van der Waals surface area contributed by atoms with Crippen LogP contribution in [0.2, 0.25) is 0 Å². The highest BCUT2D eigenvalue weighted by molar-refractivity contribution is 6.35. The Morgan fingerprint density at radius 2 is 1.55 bits per heavy atom. The Bertz CT molecular complexity index is 1190. The number of benzene rings is 2. The number of ketones is 1. The fourth-order valence-corrected chi connectivity index (χ4v) is 2.62. The average Bonchev–Trinajstić information content (AvgIpc) is 2.78. The van der Waals surface area contributed by atoms with Crippen LogP contribution in [0.15, 0.2) is 66.9 Å². The molecule has 3 rings (SSSR count). The Kier molecular flexibility index (Phi) is 7.32. The maximum absolute atomic E-state index is 12.2. The van der Waals surface area contributed by atoms with Crippen LogP contribution in [0.25, 0.3) is 0 Å². The largest absolute Gasteiger partial charge is 0.457 e. The van der Waals surface area contributed by atoms with Gasteiger partial charge < -0.3 is 15.4 Å². The van der Waals surface area contributed by atoms with Gasteiger partial charge in [0.15, 0.2) is 0 Å². The minimum atomic E-state index is -0.947. The van der Waals surface area contributed by atoms with Gasteiger partial charge in [-0.05, 0) is 55.0 Å². The molecule has 4 N–H and O–H groups in total. The molecule has 3 aromatic rings. The van der Waals surface area contributed by atoms with E-state index in [9.17, 15) is 19.2 Å². The number of aromatic nitrogens is 1. The predicted octanol–water partition coefficient (Wildman–Crippen LogP) is 3.18. The summed E-state index contributed by atoms with van der Waals surface area (Å²) in [5.74, 6) is -1.62. The van der Waals surface area contributed by atoms with E-state index in [4.69, 9.17) is 4.74 Å². The lowest BCUT2D eigenvalue weighted by molar-refractivity contribution is -0.137. The van der Waals surface area contributed by atoms with Gasteiger partial charge >= 0.3 is 11.9 Å². The molecule has 0 saturated carbocycles. The Morgan fingerprint density at radius 1 is 0.818 bits per heavy atom. The molecule has 10 nitrogen and oxygen atoms in total. The first-order valence-electron chi connectivity index (χ1n) is 9.80. The maximum Gasteiger partial charge on any atom is 0.323 e. The van der Waals surface area contributed by atoms with Crippen molar-refractivity contribution in [2.24, 2.45) is 0 Å². The topological polar surface area (TPSA) is 139 Å². The molecular formula is C23H21N5O5. The van der Waals surface area contributed by atoms with Crippen LogP contribution < -0.4 is 26.2 Å². The molecule has 2 aromatic carbocycles. The zero-order valence-electron chi connectivity index (χ0n) is 17.8. The Hall–Kier alpha value is -4.73. The van der Waals surface area contributed by atoms with Crippen molar-refractivity contribution in [2.75, 3.05) is 10.6 Å². The third kappa shape index (κ3) is 6.89. The number of hydrogen-bond donors (Lipinski definition) is 4. The van der Waals surface area contributed by atoms with Crippen LogP contribution in [0.4, 0.5) is 16.2 Å². The molecule has 0 fully saturated rings. The van der Waals surface area contributed by atoms with Gasteiger partial charge in [-0.25, -0.2) is 4.79 Å². The van der Waals surface area contributed by atoms with Gasteiger partial charge in [0.25, 0.3) is 5.91 Å². The zero-order chi connectivity index (χ0) is 23.8. The number of Topliss-reactive ketones (excluding diaryl/α,β-unsaturated/α-hetero) is 1. The third-order valence-corrected chi connectivity index (χ3v) is 4.20. The molecule has 33 heavy (non-hydrogen) atoms. The molecule has 1 aromatic heterocycles. The lowest BCUT2D eigenvalue weighted by atomic mass is 10.2. The highest BCUT2D eigenvalue weighted by atomic mass is 16.5. The Labute approximate surface area is 189 Å². The second-order valence-electron chi connectivity index (χ2n) is 6.92. The van der Waals surface area contributed by atoms with Crippen molar-refractivity contribution in [3.05, 3.63) is 78.1 Å². The van der Waals surface area contributed by atoms with Gasteiger partial charge in [0.2, 0.25) is 5.78 Å². The average molecular weight is 447 g/mol. The van der Waals surface area contributed by atoms with E-state index >= 15 is 0 Å². The number of aryl methyl sites for hydroxylation is 1. The predicted molar refractivity (Wildman–Crippen MR) is 121 cm³/mol. The second kappa shape index (κ2) is 10.5. The molecule has 0 atom stereocenters. The smallest absolute Gasteiger partial charge is 0.323 e. The number of carbonyl (C=O) groups excluding carboxylic acids is 4. The first kappa shape index (κ1) is 22.9. The number of hydrazine groups is 1. The number of pyridine rings is 1. The van der Waals surface area contributed by atoms with Gasteiger partial charge in [0.1, 0.15) is 17.2 Å². The molecule has 0 radical (unpaired) electrons. The van der Waals surface area contributed by atoms with E-state index in [0.29, 0.717) is 22.9 Å². The number of ether oxygens (including phenoxy) is 1. The molecule has 168 valence electrons. The number of hydrogen-bond acceptors (Lipinski definition) is 6. The summed E-state index contributed by atoms with van der Waals surface area (Å²) >= 11 is 0. The van der Waals surface area contributed by atoms with Crippen molar-refractivity contribution < 1.29 is 23.9 Å². The summed E-state index contributed by atoms with van der Waals surface area (Å²) in [5, 5.41) is 5.48. The van der Waals surface area contributed by atoms with E-state index in [0.717, 1.165) is 12.5 Å². The van der Waals surface area contributed by atoms with Crippen molar-refractivity contribution in [1.29, 1.82) is 0 Å². The minimum Gasteiger partial charge on any atom is -0.457 e. The fourth-order valence-electron chi connectivity index (χ4n) is 2.62. The Morgan fingerprint density at radius 3 is 2.24 bits per heavy atom. The number of anilines is 2. The van der Waals surface area contributed by atoms with Crippen LogP contribution in [0.5, 0.6) is 11.5 Å². The summed E-state index contributed by atoms with van der Waals surface area (Å²) in [5.41, 5.74) is 6.33. The molecule has 0 saturated heterocycles. The van der Waals surface area contributed by atoms with E-state index in [1.165, 1.54) is 12.3 Å². The standard InChI is InChI=1S/C23H21N5O5/c1-14-4-3-5-17(12-14)26-23(32)25-16-6-8-18(9-7-16)33-19-10-11-24-20(13-19)22(31)28-27-21(30)15(2)29/h3-13H,1-2H3,(H,27,30)(H,28,31)(H2,25,26,32). The maximum atomic E-state index is 12.2. The van der Waals surface area contributed by atoms with Crippen molar-refractivity contribution >= 4 is 35.0 Å². The van der Waals surface area contributed by atoms with Crippen molar-refractivity contribution in [3.8, 4) is 11.5 Å². The number of amides is 4. The van der Waals surface area contributed by atoms with Gasteiger partial charge in [-0.3, -0.25) is 30.2 Å². The van der Waals surface area contributed by atoms with Gasteiger partial charge in [0.05, 0.1) is 0 Å². The summed E-state index contributed by atoms with van der Waals surface area (Å²) in [6.07, 6.45) is 1.36. The summed E-state index contributed by atoms with van der Waals surface area (Å²) in [6.45, 7) is 3.01. The van der Waals surface area contributed by atoms with Crippen molar-refractivity contribution in [2.45, 2.75) is 13.8 Å². The summed E-state index contributed by atoms with van der Waals surface area (Å²) < 4.78 is 5.71. The monoisotopic (exact) mass is 447 g/mol. The molecule has 0 unspecified atom stereocenters. The van der Waals surface area contributed by atoms with Crippen LogP contribution in [0.1, 0.15) is 23.0 Å². The van der Waals surface area contributed by atoms with E-state index in [-0.39, 0.29) is 11.7 Å². The molecule has 0 aliphatic carbocycles. The van der Waals surface area contributed by atoms with Crippen LogP contribution in [-0.4, -0.2) is 28.6 Å². The minimum absolute atomic E-state index is 0.0255. The number of urea groups is 1. The first-order valence-corrected chi connectivity index (χ1v) is 9.80. The van der Waals surface area contributed by atoms with Crippen LogP contribution in [0.3, 0.4) is 0 Å². The molecule has 4 amide bonds. The lowest BCUT2D eigenvalue weighted by Gasteiger charge is -2.10. The van der Waals surface area contributed by atoms with Crippen LogP contribution in [-0.2, 0) is 9.59 Å². The number of nitrogens with zero attached hydrogens (tertiary/aromatic N) is 1. The summed E-state index contributed by atoms with van der Waals surface area (Å²) in [4.78, 5) is 50.3.